The van der Waals surface area contributed by atoms with E-state index in [1.165, 1.54) is 6.92 Å². The molecule has 0 fully saturated rings. The van der Waals surface area contributed by atoms with E-state index in [1.807, 2.05) is 0 Å². The number of pyridine rings is 1. The van der Waals surface area contributed by atoms with Crippen LogP contribution >= 0.6 is 0 Å². The standard InChI is InChI=1S/C8H6F3NO2/c1-3-6(9)5(7(10)11)4(2-12-3)8(13)14/h2,7H,1H3,(H,13,14). The molecule has 0 bridgehead atoms. The van der Waals surface area contributed by atoms with Crippen LogP contribution in [0.3, 0.4) is 0 Å². The second-order valence-corrected chi connectivity index (χ2v) is 2.59. The molecule has 6 heteroatoms. The van der Waals surface area contributed by atoms with E-state index >= 15 is 0 Å². The van der Waals surface area contributed by atoms with Crippen LogP contribution in [0, 0.1) is 12.7 Å². The van der Waals surface area contributed by atoms with Crippen LogP contribution < -0.4 is 0 Å². The summed E-state index contributed by atoms with van der Waals surface area (Å²) < 4.78 is 37.7. The van der Waals surface area contributed by atoms with E-state index in [-0.39, 0.29) is 5.69 Å². The van der Waals surface area contributed by atoms with Crippen molar-refractivity contribution in [3.8, 4) is 0 Å². The quantitative estimate of drug-likeness (QED) is 0.804. The molecule has 76 valence electrons. The Morgan fingerprint density at radius 1 is 1.57 bits per heavy atom. The lowest BCUT2D eigenvalue weighted by Gasteiger charge is -2.07. The van der Waals surface area contributed by atoms with Crippen molar-refractivity contribution in [2.24, 2.45) is 0 Å². The first-order chi connectivity index (χ1) is 6.45. The number of alkyl halides is 2. The number of hydrogen-bond donors (Lipinski definition) is 1. The van der Waals surface area contributed by atoms with Gasteiger partial charge in [0.1, 0.15) is 0 Å². The highest BCUT2D eigenvalue weighted by Crippen LogP contribution is 2.26. The van der Waals surface area contributed by atoms with E-state index in [1.54, 1.807) is 0 Å². The summed E-state index contributed by atoms with van der Waals surface area (Å²) in [6.45, 7) is 1.19. The van der Waals surface area contributed by atoms with Gasteiger partial charge in [-0.2, -0.15) is 0 Å². The molecule has 0 unspecified atom stereocenters. The Kier molecular flexibility index (Phi) is 2.73. The van der Waals surface area contributed by atoms with E-state index in [2.05, 4.69) is 4.98 Å². The van der Waals surface area contributed by atoms with Crippen LogP contribution in [-0.4, -0.2) is 16.1 Å². The first-order valence-electron chi connectivity index (χ1n) is 3.61. The molecule has 0 aliphatic heterocycles. The molecule has 0 aromatic carbocycles. The lowest BCUT2D eigenvalue weighted by atomic mass is 10.1. The summed E-state index contributed by atoms with van der Waals surface area (Å²) >= 11 is 0. The smallest absolute Gasteiger partial charge is 0.337 e. The third kappa shape index (κ3) is 1.68. The zero-order chi connectivity index (χ0) is 10.9. The molecule has 1 N–H and O–H groups in total. The number of carbonyl (C=O) groups is 1. The topological polar surface area (TPSA) is 50.2 Å². The monoisotopic (exact) mass is 205 g/mol. The third-order valence-corrected chi connectivity index (χ3v) is 1.68. The summed E-state index contributed by atoms with van der Waals surface area (Å²) in [6.07, 6.45) is -2.44. The Balaban J connectivity index is 3.45. The molecule has 0 amide bonds. The minimum Gasteiger partial charge on any atom is -0.478 e. The van der Waals surface area contributed by atoms with Gasteiger partial charge in [0.2, 0.25) is 0 Å². The maximum Gasteiger partial charge on any atom is 0.337 e. The summed E-state index contributed by atoms with van der Waals surface area (Å²) in [5, 5.41) is 8.49. The van der Waals surface area contributed by atoms with Crippen LogP contribution in [0.15, 0.2) is 6.20 Å². The molecule has 0 atom stereocenters. The molecular weight excluding hydrogens is 199 g/mol. The maximum atomic E-state index is 13.1. The fraction of sp³-hybridized carbons (Fsp3) is 0.250. The molecule has 3 nitrogen and oxygen atoms in total. The minimum atomic E-state index is -3.16. The van der Waals surface area contributed by atoms with Gasteiger partial charge in [0.05, 0.1) is 16.8 Å². The summed E-state index contributed by atoms with van der Waals surface area (Å²) in [4.78, 5) is 13.8. The lowest BCUT2D eigenvalue weighted by Crippen LogP contribution is -2.08. The third-order valence-electron chi connectivity index (χ3n) is 1.68. The van der Waals surface area contributed by atoms with Crippen LogP contribution in [-0.2, 0) is 0 Å². The Hall–Kier alpha value is -1.59. The summed E-state index contributed by atoms with van der Waals surface area (Å²) in [7, 11) is 0. The number of carboxylic acid groups (broad SMARTS) is 1. The van der Waals surface area contributed by atoms with Gasteiger partial charge < -0.3 is 5.11 Å². The van der Waals surface area contributed by atoms with E-state index in [9.17, 15) is 18.0 Å². The first-order valence-corrected chi connectivity index (χ1v) is 3.61. The highest BCUT2D eigenvalue weighted by molar-refractivity contribution is 5.89. The zero-order valence-corrected chi connectivity index (χ0v) is 7.09. The van der Waals surface area contributed by atoms with E-state index in [0.717, 1.165) is 6.20 Å². The largest absolute Gasteiger partial charge is 0.478 e. The van der Waals surface area contributed by atoms with Crippen molar-refractivity contribution in [2.45, 2.75) is 13.3 Å². The zero-order valence-electron chi connectivity index (χ0n) is 7.09. The Bertz CT molecular complexity index is 379. The van der Waals surface area contributed by atoms with Crippen LogP contribution in [0.25, 0.3) is 0 Å². The molecule has 0 saturated heterocycles. The average Bonchev–Trinajstić information content (AvgIpc) is 2.08. The van der Waals surface area contributed by atoms with Gasteiger partial charge in [-0.05, 0) is 6.92 Å². The average molecular weight is 205 g/mol. The number of nitrogens with zero attached hydrogens (tertiary/aromatic N) is 1. The predicted molar refractivity (Wildman–Crippen MR) is 40.8 cm³/mol. The molecule has 0 aliphatic rings. The van der Waals surface area contributed by atoms with Gasteiger partial charge in [0.25, 0.3) is 6.43 Å². The van der Waals surface area contributed by atoms with E-state index < -0.39 is 29.3 Å². The van der Waals surface area contributed by atoms with Crippen molar-refractivity contribution in [3.05, 3.63) is 28.8 Å². The Morgan fingerprint density at radius 3 is 2.57 bits per heavy atom. The molecule has 0 saturated carbocycles. The van der Waals surface area contributed by atoms with Crippen molar-refractivity contribution in [3.63, 3.8) is 0 Å². The first kappa shape index (κ1) is 10.5. The van der Waals surface area contributed by atoms with Gasteiger partial charge in [0.15, 0.2) is 5.82 Å². The maximum absolute atomic E-state index is 13.1. The number of aromatic nitrogens is 1. The second kappa shape index (κ2) is 3.65. The van der Waals surface area contributed by atoms with Gasteiger partial charge in [-0.25, -0.2) is 18.0 Å². The van der Waals surface area contributed by atoms with Crippen molar-refractivity contribution in [1.29, 1.82) is 0 Å². The molecule has 1 rings (SSSR count). The van der Waals surface area contributed by atoms with Crippen LogP contribution in [0.2, 0.25) is 0 Å². The Labute approximate surface area is 77.2 Å². The molecule has 1 aromatic heterocycles. The van der Waals surface area contributed by atoms with Crippen molar-refractivity contribution < 1.29 is 23.1 Å². The molecule has 1 heterocycles. The molecule has 0 aliphatic carbocycles. The molecule has 1 aromatic rings. The summed E-state index contributed by atoms with van der Waals surface area (Å²) in [6, 6.07) is 0. The van der Waals surface area contributed by atoms with E-state index in [4.69, 9.17) is 5.11 Å². The van der Waals surface area contributed by atoms with Crippen molar-refractivity contribution in [2.75, 3.05) is 0 Å². The second-order valence-electron chi connectivity index (χ2n) is 2.59. The number of aryl methyl sites for hydroxylation is 1. The molecule has 0 radical (unpaired) electrons. The predicted octanol–water partition coefficient (Wildman–Crippen LogP) is 2.16. The summed E-state index contributed by atoms with van der Waals surface area (Å²) in [5.74, 6) is -2.88. The van der Waals surface area contributed by atoms with Gasteiger partial charge in [-0.1, -0.05) is 0 Å². The van der Waals surface area contributed by atoms with Crippen molar-refractivity contribution >= 4 is 5.97 Å². The lowest BCUT2D eigenvalue weighted by molar-refractivity contribution is 0.0681. The summed E-state index contributed by atoms with van der Waals surface area (Å²) in [5.41, 5.74) is -2.15. The Morgan fingerprint density at radius 2 is 2.14 bits per heavy atom. The number of aromatic carboxylic acids is 1. The van der Waals surface area contributed by atoms with Crippen molar-refractivity contribution in [1.82, 2.24) is 4.98 Å². The highest BCUT2D eigenvalue weighted by Gasteiger charge is 2.24. The van der Waals surface area contributed by atoms with Gasteiger partial charge in [0, 0.05) is 6.20 Å². The van der Waals surface area contributed by atoms with Crippen LogP contribution in [0.5, 0.6) is 0 Å². The molecule has 14 heavy (non-hydrogen) atoms. The SMILES string of the molecule is Cc1ncc(C(=O)O)c(C(F)F)c1F. The van der Waals surface area contributed by atoms with Crippen LogP contribution in [0.1, 0.15) is 28.0 Å². The van der Waals surface area contributed by atoms with Gasteiger partial charge in [-0.15, -0.1) is 0 Å². The number of carboxylic acids is 1. The molecular formula is C8H6F3NO2. The number of halogens is 3. The fourth-order valence-corrected chi connectivity index (χ4v) is 0.984. The van der Waals surface area contributed by atoms with Crippen LogP contribution in [0.4, 0.5) is 13.2 Å². The normalized spacial score (nSPS) is 10.6. The van der Waals surface area contributed by atoms with Gasteiger partial charge >= 0.3 is 5.97 Å². The van der Waals surface area contributed by atoms with Gasteiger partial charge in [-0.3, -0.25) is 4.98 Å². The number of rotatable bonds is 2. The molecule has 0 spiro atoms. The fourth-order valence-electron chi connectivity index (χ4n) is 0.984. The highest BCUT2D eigenvalue weighted by atomic mass is 19.3. The van der Waals surface area contributed by atoms with E-state index in [0.29, 0.717) is 0 Å². The number of hydrogen-bond acceptors (Lipinski definition) is 2. The minimum absolute atomic E-state index is 0.245.